The van der Waals surface area contributed by atoms with Gasteiger partial charge in [-0.3, -0.25) is 9.69 Å². The summed E-state index contributed by atoms with van der Waals surface area (Å²) in [4.78, 5) is 15.4. The number of rotatable bonds is 3. The Morgan fingerprint density at radius 2 is 2.05 bits per heavy atom. The Hall–Kier alpha value is -2.06. The molecular weight excluding hydrogens is 254 g/mol. The second-order valence-corrected chi connectivity index (χ2v) is 4.93. The summed E-state index contributed by atoms with van der Waals surface area (Å²) in [5.41, 5.74) is 1.66. The number of amides is 1. The molecule has 0 saturated carbocycles. The van der Waals surface area contributed by atoms with Crippen molar-refractivity contribution in [3.05, 3.63) is 29.3 Å². The Balaban J connectivity index is 1.98. The number of nitriles is 1. The minimum absolute atomic E-state index is 0.140. The lowest BCUT2D eigenvalue weighted by Gasteiger charge is -2.34. The summed E-state index contributed by atoms with van der Waals surface area (Å²) in [6.07, 6.45) is 0. The van der Waals surface area contributed by atoms with Gasteiger partial charge in [-0.15, -0.1) is 0 Å². The van der Waals surface area contributed by atoms with E-state index >= 15 is 0 Å². The van der Waals surface area contributed by atoms with Crippen molar-refractivity contribution in [1.82, 2.24) is 9.80 Å². The van der Waals surface area contributed by atoms with Gasteiger partial charge < -0.3 is 9.64 Å². The van der Waals surface area contributed by atoms with Crippen LogP contribution >= 0.6 is 0 Å². The summed E-state index contributed by atoms with van der Waals surface area (Å²) >= 11 is 0. The minimum Gasteiger partial charge on any atom is -0.495 e. The molecule has 0 radical (unpaired) electrons. The van der Waals surface area contributed by atoms with E-state index in [1.54, 1.807) is 14.0 Å². The van der Waals surface area contributed by atoms with Crippen LogP contribution in [0.2, 0.25) is 0 Å². The van der Waals surface area contributed by atoms with Crippen LogP contribution in [0.4, 0.5) is 0 Å². The molecule has 20 heavy (non-hydrogen) atoms. The van der Waals surface area contributed by atoms with Crippen molar-refractivity contribution in [3.8, 4) is 11.8 Å². The van der Waals surface area contributed by atoms with Crippen LogP contribution in [-0.2, 0) is 11.3 Å². The molecule has 0 aliphatic carbocycles. The Morgan fingerprint density at radius 1 is 1.35 bits per heavy atom. The topological polar surface area (TPSA) is 56.6 Å². The summed E-state index contributed by atoms with van der Waals surface area (Å²) in [6.45, 7) is 5.69. The van der Waals surface area contributed by atoms with E-state index in [-0.39, 0.29) is 5.91 Å². The fourth-order valence-corrected chi connectivity index (χ4v) is 2.42. The number of hydrogen-bond donors (Lipinski definition) is 0. The van der Waals surface area contributed by atoms with Gasteiger partial charge in [-0.25, -0.2) is 0 Å². The van der Waals surface area contributed by atoms with Gasteiger partial charge in [-0.05, 0) is 17.7 Å². The number of ether oxygens (including phenoxy) is 1. The molecule has 1 aliphatic heterocycles. The molecule has 0 spiro atoms. The van der Waals surface area contributed by atoms with E-state index in [9.17, 15) is 4.79 Å². The van der Waals surface area contributed by atoms with Gasteiger partial charge in [0.2, 0.25) is 5.91 Å². The fraction of sp³-hybridized carbons (Fsp3) is 0.467. The van der Waals surface area contributed by atoms with E-state index in [0.717, 1.165) is 38.3 Å². The molecule has 1 aromatic rings. The van der Waals surface area contributed by atoms with Crippen molar-refractivity contribution in [2.45, 2.75) is 13.5 Å². The van der Waals surface area contributed by atoms with E-state index < -0.39 is 0 Å². The molecule has 5 nitrogen and oxygen atoms in total. The van der Waals surface area contributed by atoms with Crippen molar-refractivity contribution in [2.24, 2.45) is 0 Å². The summed E-state index contributed by atoms with van der Waals surface area (Å²) in [5, 5.41) is 9.09. The van der Waals surface area contributed by atoms with E-state index in [1.807, 2.05) is 23.1 Å². The first-order valence-electron chi connectivity index (χ1n) is 6.69. The molecule has 1 aromatic carbocycles. The quantitative estimate of drug-likeness (QED) is 0.831. The van der Waals surface area contributed by atoms with Crippen LogP contribution in [0.15, 0.2) is 18.2 Å². The first-order chi connectivity index (χ1) is 9.63. The zero-order valence-corrected chi connectivity index (χ0v) is 11.9. The molecule has 106 valence electrons. The maximum atomic E-state index is 11.3. The molecular formula is C15H19N3O2. The number of carbonyl (C=O) groups excluding carboxylic acids is 1. The molecule has 0 unspecified atom stereocenters. The third-order valence-electron chi connectivity index (χ3n) is 3.61. The van der Waals surface area contributed by atoms with Crippen molar-refractivity contribution in [1.29, 1.82) is 5.26 Å². The highest BCUT2D eigenvalue weighted by Gasteiger charge is 2.18. The van der Waals surface area contributed by atoms with Gasteiger partial charge in [0.25, 0.3) is 0 Å². The second-order valence-electron chi connectivity index (χ2n) is 4.93. The average molecular weight is 273 g/mol. The smallest absolute Gasteiger partial charge is 0.219 e. The maximum absolute atomic E-state index is 11.3. The highest BCUT2D eigenvalue weighted by Crippen LogP contribution is 2.20. The third-order valence-corrected chi connectivity index (χ3v) is 3.61. The van der Waals surface area contributed by atoms with Crippen LogP contribution in [-0.4, -0.2) is 49.0 Å². The van der Waals surface area contributed by atoms with Crippen LogP contribution in [0.5, 0.6) is 5.75 Å². The largest absolute Gasteiger partial charge is 0.495 e. The normalized spacial score (nSPS) is 15.8. The van der Waals surface area contributed by atoms with E-state index in [1.165, 1.54) is 0 Å². The lowest BCUT2D eigenvalue weighted by molar-refractivity contribution is -0.130. The number of carbonyl (C=O) groups is 1. The first-order valence-corrected chi connectivity index (χ1v) is 6.69. The van der Waals surface area contributed by atoms with Gasteiger partial charge in [0, 0.05) is 39.6 Å². The number of nitrogens with zero attached hydrogens (tertiary/aromatic N) is 3. The molecule has 0 atom stereocenters. The van der Waals surface area contributed by atoms with Gasteiger partial charge in [-0.2, -0.15) is 5.26 Å². The Morgan fingerprint density at radius 3 is 2.60 bits per heavy atom. The number of hydrogen-bond acceptors (Lipinski definition) is 4. The molecule has 1 aliphatic rings. The van der Waals surface area contributed by atoms with Crippen molar-refractivity contribution in [3.63, 3.8) is 0 Å². The fourth-order valence-electron chi connectivity index (χ4n) is 2.42. The molecule has 5 heteroatoms. The van der Waals surface area contributed by atoms with Crippen molar-refractivity contribution in [2.75, 3.05) is 33.3 Å². The van der Waals surface area contributed by atoms with E-state index in [0.29, 0.717) is 11.3 Å². The lowest BCUT2D eigenvalue weighted by atomic mass is 10.1. The summed E-state index contributed by atoms with van der Waals surface area (Å²) in [5.74, 6) is 0.749. The van der Waals surface area contributed by atoms with Gasteiger partial charge in [0.05, 0.1) is 12.7 Å². The molecule has 1 saturated heterocycles. The minimum atomic E-state index is 0.140. The molecule has 2 rings (SSSR count). The van der Waals surface area contributed by atoms with Gasteiger partial charge in [0.15, 0.2) is 0 Å². The Kier molecular flexibility index (Phi) is 4.59. The standard InChI is InChI=1S/C15H19N3O2/c1-12(19)18-7-5-17(6-8-18)11-13-3-4-15(20-2)14(9-13)10-16/h3-4,9H,5-8,11H2,1-2H3. The molecule has 0 aromatic heterocycles. The molecule has 1 heterocycles. The Bertz CT molecular complexity index is 528. The third kappa shape index (κ3) is 3.28. The molecule has 1 fully saturated rings. The average Bonchev–Trinajstić information content (AvgIpc) is 2.47. The van der Waals surface area contributed by atoms with Gasteiger partial charge in [-0.1, -0.05) is 6.07 Å². The van der Waals surface area contributed by atoms with Gasteiger partial charge in [0.1, 0.15) is 11.8 Å². The van der Waals surface area contributed by atoms with Gasteiger partial charge >= 0.3 is 0 Å². The summed E-state index contributed by atoms with van der Waals surface area (Å²) in [7, 11) is 1.57. The van der Waals surface area contributed by atoms with E-state index in [4.69, 9.17) is 10.00 Å². The predicted octanol–water partition coefficient (Wildman–Crippen LogP) is 1.23. The highest BCUT2D eigenvalue weighted by atomic mass is 16.5. The number of methoxy groups -OCH3 is 1. The summed E-state index contributed by atoms with van der Waals surface area (Å²) < 4.78 is 5.14. The molecule has 0 bridgehead atoms. The molecule has 0 N–H and O–H groups in total. The SMILES string of the molecule is COc1ccc(CN2CCN(C(C)=O)CC2)cc1C#N. The predicted molar refractivity (Wildman–Crippen MR) is 75.2 cm³/mol. The first kappa shape index (κ1) is 14.4. The van der Waals surface area contributed by atoms with Crippen LogP contribution in [0.1, 0.15) is 18.1 Å². The van der Waals surface area contributed by atoms with Crippen LogP contribution in [0.3, 0.4) is 0 Å². The highest BCUT2D eigenvalue weighted by molar-refractivity contribution is 5.73. The number of benzene rings is 1. The zero-order valence-electron chi connectivity index (χ0n) is 11.9. The monoisotopic (exact) mass is 273 g/mol. The van der Waals surface area contributed by atoms with E-state index in [2.05, 4.69) is 11.0 Å². The number of piperazine rings is 1. The van der Waals surface area contributed by atoms with Crippen LogP contribution in [0, 0.1) is 11.3 Å². The Labute approximate surface area is 119 Å². The zero-order chi connectivity index (χ0) is 14.5. The maximum Gasteiger partial charge on any atom is 0.219 e. The van der Waals surface area contributed by atoms with Crippen molar-refractivity contribution < 1.29 is 9.53 Å². The van der Waals surface area contributed by atoms with Crippen molar-refractivity contribution >= 4 is 5.91 Å². The second kappa shape index (κ2) is 6.40. The summed E-state index contributed by atoms with van der Waals surface area (Å²) in [6, 6.07) is 7.84. The van der Waals surface area contributed by atoms with Crippen LogP contribution in [0.25, 0.3) is 0 Å². The lowest BCUT2D eigenvalue weighted by Crippen LogP contribution is -2.47. The van der Waals surface area contributed by atoms with Crippen LogP contribution < -0.4 is 4.74 Å². The molecule has 1 amide bonds.